The highest BCUT2D eigenvalue weighted by Crippen LogP contribution is 2.35. The predicted molar refractivity (Wildman–Crippen MR) is 114 cm³/mol. The minimum Gasteiger partial charge on any atom is -0.365 e. The fraction of sp³-hybridized carbons (Fsp3) is 0.227. The number of sulfonamides is 1. The van der Waals surface area contributed by atoms with E-state index in [9.17, 15) is 13.2 Å². The third-order valence-corrected chi connectivity index (χ3v) is 7.37. The monoisotopic (exact) mass is 422 g/mol. The van der Waals surface area contributed by atoms with E-state index in [0.717, 1.165) is 5.69 Å². The van der Waals surface area contributed by atoms with Crippen molar-refractivity contribution in [3.05, 3.63) is 78.6 Å². The number of amides is 1. The van der Waals surface area contributed by atoms with Crippen molar-refractivity contribution in [3.63, 3.8) is 0 Å². The van der Waals surface area contributed by atoms with E-state index in [1.165, 1.54) is 0 Å². The number of carbonyl (C=O) groups excluding carboxylic acids is 1. The quantitative estimate of drug-likeness (QED) is 0.665. The lowest BCUT2D eigenvalue weighted by atomic mass is 9.96. The summed E-state index contributed by atoms with van der Waals surface area (Å²) in [6, 6.07) is 18.3. The lowest BCUT2D eigenvalue weighted by Gasteiger charge is -2.45. The molecule has 30 heavy (non-hydrogen) atoms. The smallest absolute Gasteiger partial charge is 0.253 e. The van der Waals surface area contributed by atoms with Crippen LogP contribution in [0.3, 0.4) is 0 Å². The van der Waals surface area contributed by atoms with Gasteiger partial charge < -0.3 is 14.8 Å². The van der Waals surface area contributed by atoms with Gasteiger partial charge in [0.25, 0.3) is 5.91 Å². The van der Waals surface area contributed by atoms with Gasteiger partial charge in [0.05, 0.1) is 5.69 Å². The Morgan fingerprint density at radius 1 is 0.933 bits per heavy atom. The molecular weight excluding hydrogens is 400 g/mol. The van der Waals surface area contributed by atoms with Crippen LogP contribution in [0.25, 0.3) is 5.69 Å². The molecule has 1 aromatic heterocycles. The number of hydrogen-bond acceptors (Lipinski definition) is 4. The van der Waals surface area contributed by atoms with Crippen molar-refractivity contribution in [1.82, 2.24) is 14.2 Å². The second kappa shape index (κ2) is 7.00. The molecule has 2 aliphatic rings. The normalized spacial score (nSPS) is 19.1. The van der Waals surface area contributed by atoms with Crippen molar-refractivity contribution in [2.24, 2.45) is 0 Å². The van der Waals surface area contributed by atoms with Gasteiger partial charge >= 0.3 is 0 Å². The van der Waals surface area contributed by atoms with E-state index in [4.69, 9.17) is 0 Å². The molecule has 0 bridgehead atoms. The van der Waals surface area contributed by atoms with Gasteiger partial charge in [0.1, 0.15) is 10.6 Å². The van der Waals surface area contributed by atoms with Crippen molar-refractivity contribution in [2.75, 3.05) is 18.4 Å². The molecule has 2 aliphatic heterocycles. The Hall–Kier alpha value is -3.10. The molecule has 154 valence electrons. The van der Waals surface area contributed by atoms with E-state index in [1.807, 2.05) is 59.4 Å². The van der Waals surface area contributed by atoms with E-state index >= 15 is 0 Å². The summed E-state index contributed by atoms with van der Waals surface area (Å²) >= 11 is 0. The average molecular weight is 423 g/mol. The topological polar surface area (TPSA) is 83.4 Å². The molecule has 2 aromatic carbocycles. The Balaban J connectivity index is 1.33. The minimum absolute atomic E-state index is 0.0436. The van der Waals surface area contributed by atoms with E-state index in [2.05, 4.69) is 10.0 Å². The number of nitrogens with one attached hydrogen (secondary N) is 2. The standard InChI is InChI=1S/C22H22N4O3S/c27-21(17-6-5-7-18(16-17)25-12-3-4-13-25)26-14-10-22(11-15-26)23-19-8-1-2-9-20(19)30(28,29)24-22/h1-9,12-13,16,23-24H,10-11,14-15H2. The molecular formula is C22H22N4O3S. The van der Waals surface area contributed by atoms with Crippen LogP contribution in [0.2, 0.25) is 0 Å². The Morgan fingerprint density at radius 2 is 1.67 bits per heavy atom. The summed E-state index contributed by atoms with van der Waals surface area (Å²) < 4.78 is 30.2. The van der Waals surface area contributed by atoms with Crippen LogP contribution in [-0.4, -0.2) is 42.5 Å². The maximum atomic E-state index is 13.1. The number of nitrogens with zero attached hydrogens (tertiary/aromatic N) is 2. The largest absolute Gasteiger partial charge is 0.365 e. The molecule has 8 heteroatoms. The van der Waals surface area contributed by atoms with Crippen LogP contribution < -0.4 is 10.0 Å². The van der Waals surface area contributed by atoms with Gasteiger partial charge in [-0.05, 0) is 42.5 Å². The number of carbonyl (C=O) groups is 1. The molecule has 1 amide bonds. The third-order valence-electron chi connectivity index (χ3n) is 5.78. The SMILES string of the molecule is O=C(c1cccc(-n2cccc2)c1)N1CCC2(CC1)Nc1ccccc1S(=O)(=O)N2. The number of likely N-dealkylation sites (tertiary alicyclic amines) is 1. The Labute approximate surface area is 175 Å². The number of fused-ring (bicyclic) bond motifs is 1. The molecule has 1 spiro atoms. The van der Waals surface area contributed by atoms with Crippen LogP contribution in [0.5, 0.6) is 0 Å². The zero-order chi connectivity index (χ0) is 20.8. The lowest BCUT2D eigenvalue weighted by Crippen LogP contribution is -2.62. The molecule has 3 heterocycles. The highest BCUT2D eigenvalue weighted by atomic mass is 32.2. The van der Waals surface area contributed by atoms with Crippen molar-refractivity contribution < 1.29 is 13.2 Å². The van der Waals surface area contributed by atoms with Crippen LogP contribution in [0, 0.1) is 0 Å². The van der Waals surface area contributed by atoms with Gasteiger partial charge in [-0.2, -0.15) is 4.72 Å². The van der Waals surface area contributed by atoms with Crippen molar-refractivity contribution in [2.45, 2.75) is 23.4 Å². The van der Waals surface area contributed by atoms with Gasteiger partial charge in [0.2, 0.25) is 10.0 Å². The number of aromatic nitrogens is 1. The predicted octanol–water partition coefficient (Wildman–Crippen LogP) is 2.81. The summed E-state index contributed by atoms with van der Waals surface area (Å²) in [4.78, 5) is 15.1. The molecule has 0 atom stereocenters. The third kappa shape index (κ3) is 3.28. The van der Waals surface area contributed by atoms with E-state index < -0.39 is 15.7 Å². The minimum atomic E-state index is -3.59. The van der Waals surface area contributed by atoms with Gasteiger partial charge in [-0.25, -0.2) is 8.42 Å². The number of piperidine rings is 1. The lowest BCUT2D eigenvalue weighted by molar-refractivity contribution is 0.0676. The van der Waals surface area contributed by atoms with Crippen LogP contribution in [0.4, 0.5) is 5.69 Å². The maximum absolute atomic E-state index is 13.1. The van der Waals surface area contributed by atoms with Crippen molar-refractivity contribution in [1.29, 1.82) is 0 Å². The first-order valence-corrected chi connectivity index (χ1v) is 11.4. The maximum Gasteiger partial charge on any atom is 0.253 e. The Bertz CT molecular complexity index is 1200. The van der Waals surface area contributed by atoms with Crippen LogP contribution in [0.1, 0.15) is 23.2 Å². The van der Waals surface area contributed by atoms with Gasteiger partial charge in [0, 0.05) is 49.6 Å². The molecule has 0 saturated carbocycles. The molecule has 1 saturated heterocycles. The molecule has 5 rings (SSSR count). The first-order chi connectivity index (χ1) is 14.5. The highest BCUT2D eigenvalue weighted by Gasteiger charge is 2.43. The molecule has 0 unspecified atom stereocenters. The van der Waals surface area contributed by atoms with Gasteiger partial charge in [-0.1, -0.05) is 18.2 Å². The van der Waals surface area contributed by atoms with Crippen LogP contribution in [-0.2, 0) is 10.0 Å². The van der Waals surface area contributed by atoms with Gasteiger partial charge in [0.15, 0.2) is 0 Å². The Kier molecular flexibility index (Phi) is 4.41. The second-order valence-electron chi connectivity index (χ2n) is 7.74. The summed E-state index contributed by atoms with van der Waals surface area (Å²) in [5.41, 5.74) is 1.39. The molecule has 0 aliphatic carbocycles. The van der Waals surface area contributed by atoms with E-state index in [0.29, 0.717) is 37.2 Å². The number of benzene rings is 2. The number of hydrogen-bond donors (Lipinski definition) is 2. The highest BCUT2D eigenvalue weighted by molar-refractivity contribution is 7.89. The van der Waals surface area contributed by atoms with E-state index in [1.54, 1.807) is 23.1 Å². The van der Waals surface area contributed by atoms with E-state index in [-0.39, 0.29) is 10.8 Å². The summed E-state index contributed by atoms with van der Waals surface area (Å²) in [6.45, 7) is 0.925. The molecule has 2 N–H and O–H groups in total. The number of rotatable bonds is 2. The number of para-hydroxylation sites is 1. The zero-order valence-electron chi connectivity index (χ0n) is 16.3. The average Bonchev–Trinajstić information content (AvgIpc) is 3.28. The summed E-state index contributed by atoms with van der Waals surface area (Å²) in [5.74, 6) is -0.0436. The zero-order valence-corrected chi connectivity index (χ0v) is 17.1. The van der Waals surface area contributed by atoms with Crippen LogP contribution in [0.15, 0.2) is 78.0 Å². The molecule has 1 fully saturated rings. The first-order valence-electron chi connectivity index (χ1n) is 9.90. The Morgan fingerprint density at radius 3 is 2.43 bits per heavy atom. The second-order valence-corrected chi connectivity index (χ2v) is 9.39. The van der Waals surface area contributed by atoms with Crippen LogP contribution >= 0.6 is 0 Å². The van der Waals surface area contributed by atoms with Crippen molar-refractivity contribution in [3.8, 4) is 5.69 Å². The molecule has 3 aromatic rings. The summed E-state index contributed by atoms with van der Waals surface area (Å²) in [7, 11) is -3.59. The van der Waals surface area contributed by atoms with Crippen molar-refractivity contribution >= 4 is 21.6 Å². The van der Waals surface area contributed by atoms with Gasteiger partial charge in [-0.3, -0.25) is 4.79 Å². The van der Waals surface area contributed by atoms with Gasteiger partial charge in [-0.15, -0.1) is 0 Å². The fourth-order valence-electron chi connectivity index (χ4n) is 4.21. The fourth-order valence-corrected chi connectivity index (χ4v) is 5.75. The first kappa shape index (κ1) is 18.9. The summed E-state index contributed by atoms with van der Waals surface area (Å²) in [6.07, 6.45) is 4.85. The summed E-state index contributed by atoms with van der Waals surface area (Å²) in [5, 5.41) is 3.36. The molecule has 7 nitrogen and oxygen atoms in total. The number of anilines is 1. The molecule has 0 radical (unpaired) electrons.